The molecule has 2 saturated carbocycles. The largest absolute Gasteiger partial charge is 0.399 e. The van der Waals surface area contributed by atoms with Gasteiger partial charge in [0.05, 0.1) is 11.0 Å². The van der Waals surface area contributed by atoms with Crippen LogP contribution < -0.4 is 5.73 Å². The number of anilines is 1. The Morgan fingerprint density at radius 3 is 2.71 bits per heavy atom. The molecule has 1 aromatic heterocycles. The van der Waals surface area contributed by atoms with E-state index in [-0.39, 0.29) is 0 Å². The van der Waals surface area contributed by atoms with E-state index in [1.807, 2.05) is 12.1 Å². The number of fused-ring (bicyclic) bond motifs is 1. The van der Waals surface area contributed by atoms with E-state index in [2.05, 4.69) is 24.5 Å². The Morgan fingerprint density at radius 2 is 2.00 bits per heavy atom. The summed E-state index contributed by atoms with van der Waals surface area (Å²) in [5.41, 5.74) is 9.50. The van der Waals surface area contributed by atoms with Crippen LogP contribution in [-0.4, -0.2) is 9.55 Å². The van der Waals surface area contributed by atoms with Gasteiger partial charge in [0, 0.05) is 17.6 Å². The molecular formula is C18H25N3. The van der Waals surface area contributed by atoms with Crippen LogP contribution in [0.3, 0.4) is 0 Å². The molecule has 2 aliphatic carbocycles. The van der Waals surface area contributed by atoms with Crippen LogP contribution in [0.2, 0.25) is 0 Å². The number of aromatic nitrogens is 2. The first kappa shape index (κ1) is 13.2. The maximum atomic E-state index is 5.96. The third-order valence-corrected chi connectivity index (χ3v) is 5.45. The molecule has 1 atom stereocenters. The van der Waals surface area contributed by atoms with E-state index in [1.165, 1.54) is 49.9 Å². The molecule has 2 aromatic rings. The van der Waals surface area contributed by atoms with Gasteiger partial charge in [0.15, 0.2) is 0 Å². The average molecular weight is 283 g/mol. The number of hydrogen-bond acceptors (Lipinski definition) is 2. The fraction of sp³-hybridized carbons (Fsp3) is 0.611. The fourth-order valence-corrected chi connectivity index (χ4v) is 4.05. The minimum absolute atomic E-state index is 0.358. The smallest absolute Gasteiger partial charge is 0.113 e. The molecule has 112 valence electrons. The lowest BCUT2D eigenvalue weighted by Crippen LogP contribution is -2.31. The van der Waals surface area contributed by atoms with Crippen molar-refractivity contribution < 1.29 is 0 Å². The number of imidazole rings is 1. The van der Waals surface area contributed by atoms with Crippen LogP contribution in [0.15, 0.2) is 18.2 Å². The number of nitrogens with two attached hydrogens (primary N) is 1. The van der Waals surface area contributed by atoms with E-state index in [9.17, 15) is 0 Å². The first-order valence-corrected chi connectivity index (χ1v) is 8.33. The van der Waals surface area contributed by atoms with E-state index in [0.717, 1.165) is 11.2 Å². The Hall–Kier alpha value is -1.51. The van der Waals surface area contributed by atoms with Gasteiger partial charge in [0.1, 0.15) is 5.82 Å². The quantitative estimate of drug-likeness (QED) is 0.816. The van der Waals surface area contributed by atoms with Crippen molar-refractivity contribution in [1.29, 1.82) is 0 Å². The number of benzene rings is 1. The summed E-state index contributed by atoms with van der Waals surface area (Å²) in [6.07, 6.45) is 7.89. The van der Waals surface area contributed by atoms with Crippen LogP contribution in [0.1, 0.15) is 70.2 Å². The highest BCUT2D eigenvalue weighted by atomic mass is 15.1. The predicted octanol–water partition coefficient (Wildman–Crippen LogP) is 4.64. The van der Waals surface area contributed by atoms with Gasteiger partial charge in [0.25, 0.3) is 0 Å². The van der Waals surface area contributed by atoms with E-state index in [1.54, 1.807) is 0 Å². The van der Waals surface area contributed by atoms with Crippen molar-refractivity contribution in [3.8, 4) is 0 Å². The van der Waals surface area contributed by atoms with Gasteiger partial charge in [-0.3, -0.25) is 0 Å². The summed E-state index contributed by atoms with van der Waals surface area (Å²) in [6.45, 7) is 4.85. The predicted molar refractivity (Wildman–Crippen MR) is 87.4 cm³/mol. The van der Waals surface area contributed by atoms with Crippen molar-refractivity contribution in [2.45, 2.75) is 64.3 Å². The molecule has 0 saturated heterocycles. The van der Waals surface area contributed by atoms with Crippen LogP contribution in [-0.2, 0) is 0 Å². The third kappa shape index (κ3) is 2.14. The normalized spacial score (nSPS) is 25.3. The summed E-state index contributed by atoms with van der Waals surface area (Å²) in [5, 5.41) is 0. The Bertz CT molecular complexity index is 679. The molecule has 3 heteroatoms. The van der Waals surface area contributed by atoms with Gasteiger partial charge in [-0.1, -0.05) is 26.7 Å². The van der Waals surface area contributed by atoms with Gasteiger partial charge >= 0.3 is 0 Å². The molecule has 2 aliphatic rings. The third-order valence-electron chi connectivity index (χ3n) is 5.45. The second-order valence-corrected chi connectivity index (χ2v) is 7.61. The van der Waals surface area contributed by atoms with Crippen LogP contribution in [0.25, 0.3) is 11.0 Å². The molecule has 4 rings (SSSR count). The van der Waals surface area contributed by atoms with Crippen molar-refractivity contribution in [2.75, 3.05) is 5.73 Å². The Labute approximate surface area is 126 Å². The molecule has 0 spiro atoms. The summed E-state index contributed by atoms with van der Waals surface area (Å²) in [6, 6.07) is 6.81. The summed E-state index contributed by atoms with van der Waals surface area (Å²) in [4.78, 5) is 4.96. The van der Waals surface area contributed by atoms with E-state index < -0.39 is 0 Å². The molecule has 1 unspecified atom stereocenters. The molecule has 0 amide bonds. The zero-order valence-corrected chi connectivity index (χ0v) is 13.1. The highest BCUT2D eigenvalue weighted by Gasteiger charge is 2.38. The number of nitrogen functional groups attached to an aromatic ring is 1. The lowest BCUT2D eigenvalue weighted by Gasteiger charge is -2.40. The number of rotatable bonds is 2. The maximum absolute atomic E-state index is 5.96. The average Bonchev–Trinajstić information content (AvgIpc) is 3.20. The minimum Gasteiger partial charge on any atom is -0.399 e. The lowest BCUT2D eigenvalue weighted by atomic mass is 9.73. The first-order valence-electron chi connectivity index (χ1n) is 8.33. The van der Waals surface area contributed by atoms with Gasteiger partial charge in [-0.2, -0.15) is 0 Å². The second-order valence-electron chi connectivity index (χ2n) is 7.61. The van der Waals surface area contributed by atoms with Crippen molar-refractivity contribution in [3.05, 3.63) is 24.0 Å². The minimum atomic E-state index is 0.358. The zero-order chi connectivity index (χ0) is 14.6. The molecule has 1 heterocycles. The molecule has 2 N–H and O–H groups in total. The second kappa shape index (κ2) is 4.49. The number of nitrogens with zero attached hydrogens (tertiary/aromatic N) is 2. The van der Waals surface area contributed by atoms with Crippen molar-refractivity contribution in [3.63, 3.8) is 0 Å². The summed E-state index contributed by atoms with van der Waals surface area (Å²) in [5.74, 6) is 1.99. The zero-order valence-electron chi connectivity index (χ0n) is 13.1. The van der Waals surface area contributed by atoms with E-state index >= 15 is 0 Å². The topological polar surface area (TPSA) is 43.8 Å². The molecule has 0 aliphatic heterocycles. The highest BCUT2D eigenvalue weighted by molar-refractivity contribution is 5.80. The molecular weight excluding hydrogens is 258 g/mol. The lowest BCUT2D eigenvalue weighted by molar-refractivity contribution is 0.145. The molecule has 2 fully saturated rings. The molecule has 21 heavy (non-hydrogen) atoms. The summed E-state index contributed by atoms with van der Waals surface area (Å²) >= 11 is 0. The van der Waals surface area contributed by atoms with Gasteiger partial charge in [-0.25, -0.2) is 4.98 Å². The molecule has 3 nitrogen and oxygen atoms in total. The van der Waals surface area contributed by atoms with Gasteiger partial charge in [-0.15, -0.1) is 0 Å². The van der Waals surface area contributed by atoms with Crippen molar-refractivity contribution in [2.24, 2.45) is 5.41 Å². The molecule has 0 bridgehead atoms. The Kier molecular flexibility index (Phi) is 2.82. The maximum Gasteiger partial charge on any atom is 0.113 e. The Balaban J connectivity index is 1.91. The van der Waals surface area contributed by atoms with Crippen LogP contribution in [0.4, 0.5) is 5.69 Å². The summed E-state index contributed by atoms with van der Waals surface area (Å²) in [7, 11) is 0. The van der Waals surface area contributed by atoms with Crippen molar-refractivity contribution >= 4 is 16.7 Å². The SMILES string of the molecule is CC1(C)CCCCC1n1c(C2CC2)nc2cc(N)ccc21. The van der Waals surface area contributed by atoms with E-state index in [4.69, 9.17) is 10.7 Å². The van der Waals surface area contributed by atoms with Crippen molar-refractivity contribution in [1.82, 2.24) is 9.55 Å². The van der Waals surface area contributed by atoms with Gasteiger partial charge in [0.2, 0.25) is 0 Å². The van der Waals surface area contributed by atoms with Gasteiger partial charge < -0.3 is 10.3 Å². The van der Waals surface area contributed by atoms with Crippen LogP contribution in [0, 0.1) is 5.41 Å². The van der Waals surface area contributed by atoms with Crippen LogP contribution >= 0.6 is 0 Å². The molecule has 1 aromatic carbocycles. The monoisotopic (exact) mass is 283 g/mol. The molecule has 0 radical (unpaired) electrons. The first-order chi connectivity index (χ1) is 10.1. The highest BCUT2D eigenvalue weighted by Crippen LogP contribution is 2.49. The van der Waals surface area contributed by atoms with Gasteiger partial charge in [-0.05, 0) is 49.3 Å². The van der Waals surface area contributed by atoms with E-state index in [0.29, 0.717) is 17.4 Å². The Morgan fingerprint density at radius 1 is 1.19 bits per heavy atom. The standard InChI is InChI=1S/C18H25N3/c1-18(2)10-4-3-5-16(18)21-15-9-8-13(19)11-14(15)20-17(21)12-6-7-12/h8-9,11-12,16H,3-7,10,19H2,1-2H3. The fourth-order valence-electron chi connectivity index (χ4n) is 4.05. The van der Waals surface area contributed by atoms with Crippen LogP contribution in [0.5, 0.6) is 0 Å². The summed E-state index contributed by atoms with van der Waals surface area (Å²) < 4.78 is 2.58. The number of hydrogen-bond donors (Lipinski definition) is 1.